The highest BCUT2D eigenvalue weighted by molar-refractivity contribution is 5.75. The van der Waals surface area contributed by atoms with Crippen LogP contribution in [0.1, 0.15) is 20.3 Å². The largest absolute Gasteiger partial charge is 0.469 e. The van der Waals surface area contributed by atoms with Crippen LogP contribution >= 0.6 is 0 Å². The van der Waals surface area contributed by atoms with Crippen molar-refractivity contribution >= 4 is 5.97 Å². The molecule has 3 heteroatoms. The topological polar surface area (TPSA) is 35.5 Å². The molecule has 2 bridgehead atoms. The molecule has 0 aliphatic carbocycles. The van der Waals surface area contributed by atoms with Gasteiger partial charge in [-0.25, -0.2) is 0 Å². The van der Waals surface area contributed by atoms with Crippen LogP contribution in [0.4, 0.5) is 0 Å². The average molecular weight is 182 g/mol. The van der Waals surface area contributed by atoms with Gasteiger partial charge in [-0.05, 0) is 20.3 Å². The van der Waals surface area contributed by atoms with Crippen LogP contribution in [0.3, 0.4) is 0 Å². The monoisotopic (exact) mass is 182 g/mol. The predicted octanol–water partition coefficient (Wildman–Crippen LogP) is 1.28. The van der Waals surface area contributed by atoms with E-state index in [4.69, 9.17) is 9.47 Å². The van der Waals surface area contributed by atoms with E-state index in [0.717, 1.165) is 6.42 Å². The lowest BCUT2D eigenvalue weighted by Gasteiger charge is -2.23. The summed E-state index contributed by atoms with van der Waals surface area (Å²) < 4.78 is 10.5. The molecule has 0 N–H and O–H groups in total. The van der Waals surface area contributed by atoms with Crippen molar-refractivity contribution < 1.29 is 14.3 Å². The van der Waals surface area contributed by atoms with Gasteiger partial charge in [0.25, 0.3) is 0 Å². The Morgan fingerprint density at radius 3 is 2.62 bits per heavy atom. The van der Waals surface area contributed by atoms with Gasteiger partial charge in [-0.3, -0.25) is 4.79 Å². The van der Waals surface area contributed by atoms with Gasteiger partial charge in [0.2, 0.25) is 0 Å². The molecular weight excluding hydrogens is 168 g/mol. The van der Waals surface area contributed by atoms with Crippen molar-refractivity contribution in [1.82, 2.24) is 0 Å². The Bertz CT molecular complexity index is 284. The zero-order valence-corrected chi connectivity index (χ0v) is 8.16. The lowest BCUT2D eigenvalue weighted by molar-refractivity contribution is -0.149. The standard InChI is InChI=1S/C10H14O3/c1-9-4-5-10(2,13-9)7(6-9)8(11)12-3/h4-5,7H,6H2,1-3H3/t7-,9+,10-/m0/s1. The first-order chi connectivity index (χ1) is 5.99. The SMILES string of the molecule is COC(=O)[C@@H]1C[C@@]2(C)C=C[C@]1(C)O2. The van der Waals surface area contributed by atoms with Crippen molar-refractivity contribution in [1.29, 1.82) is 0 Å². The molecule has 2 rings (SSSR count). The van der Waals surface area contributed by atoms with Crippen LogP contribution in [0.15, 0.2) is 12.2 Å². The van der Waals surface area contributed by atoms with E-state index >= 15 is 0 Å². The Kier molecular flexibility index (Phi) is 1.58. The molecule has 1 fully saturated rings. The van der Waals surface area contributed by atoms with Gasteiger partial charge in [-0.2, -0.15) is 0 Å². The third kappa shape index (κ3) is 1.10. The summed E-state index contributed by atoms with van der Waals surface area (Å²) in [6.45, 7) is 3.93. The Hall–Kier alpha value is -0.830. The van der Waals surface area contributed by atoms with Gasteiger partial charge < -0.3 is 9.47 Å². The highest BCUT2D eigenvalue weighted by Crippen LogP contribution is 2.49. The van der Waals surface area contributed by atoms with Crippen molar-refractivity contribution in [2.45, 2.75) is 31.5 Å². The Labute approximate surface area is 77.7 Å². The Morgan fingerprint density at radius 2 is 2.23 bits per heavy atom. The minimum Gasteiger partial charge on any atom is -0.469 e. The third-order valence-corrected chi connectivity index (χ3v) is 3.01. The van der Waals surface area contributed by atoms with E-state index in [-0.39, 0.29) is 17.5 Å². The van der Waals surface area contributed by atoms with E-state index in [1.54, 1.807) is 0 Å². The fraction of sp³-hybridized carbons (Fsp3) is 0.700. The van der Waals surface area contributed by atoms with Crippen LogP contribution in [0, 0.1) is 5.92 Å². The maximum atomic E-state index is 11.4. The summed E-state index contributed by atoms with van der Waals surface area (Å²) in [7, 11) is 1.42. The maximum absolute atomic E-state index is 11.4. The van der Waals surface area contributed by atoms with Gasteiger partial charge in [-0.1, -0.05) is 12.2 Å². The summed E-state index contributed by atoms with van der Waals surface area (Å²) in [5.41, 5.74) is -0.699. The summed E-state index contributed by atoms with van der Waals surface area (Å²) in [5.74, 6) is -0.317. The molecule has 0 radical (unpaired) electrons. The van der Waals surface area contributed by atoms with Gasteiger partial charge in [0.1, 0.15) is 0 Å². The Morgan fingerprint density at radius 1 is 1.54 bits per heavy atom. The number of hydrogen-bond acceptors (Lipinski definition) is 3. The number of ether oxygens (including phenoxy) is 2. The smallest absolute Gasteiger partial charge is 0.312 e. The number of carbonyl (C=O) groups is 1. The van der Waals surface area contributed by atoms with Gasteiger partial charge in [0, 0.05) is 0 Å². The van der Waals surface area contributed by atoms with Crippen LogP contribution in [-0.4, -0.2) is 24.3 Å². The normalized spacial score (nSPS) is 46.8. The minimum atomic E-state index is -0.443. The van der Waals surface area contributed by atoms with Gasteiger partial charge >= 0.3 is 5.97 Å². The molecule has 3 atom stereocenters. The van der Waals surface area contributed by atoms with Crippen molar-refractivity contribution in [3.8, 4) is 0 Å². The summed E-state index contributed by atoms with van der Waals surface area (Å²) in [5, 5.41) is 0. The molecular formula is C10H14O3. The molecule has 0 amide bonds. The van der Waals surface area contributed by atoms with Crippen LogP contribution in [0.5, 0.6) is 0 Å². The first-order valence-electron chi connectivity index (χ1n) is 4.47. The highest BCUT2D eigenvalue weighted by Gasteiger charge is 2.56. The second-order valence-electron chi connectivity index (χ2n) is 4.21. The van der Waals surface area contributed by atoms with E-state index in [1.807, 2.05) is 26.0 Å². The molecule has 0 aromatic heterocycles. The number of fused-ring (bicyclic) bond motifs is 2. The second-order valence-corrected chi connectivity index (χ2v) is 4.21. The molecule has 0 saturated carbocycles. The first kappa shape index (κ1) is 8.75. The van der Waals surface area contributed by atoms with Gasteiger partial charge in [0.05, 0.1) is 24.2 Å². The number of esters is 1. The molecule has 3 nitrogen and oxygen atoms in total. The maximum Gasteiger partial charge on any atom is 0.312 e. The molecule has 2 heterocycles. The Balaban J connectivity index is 2.27. The van der Waals surface area contributed by atoms with E-state index in [1.165, 1.54) is 7.11 Å². The van der Waals surface area contributed by atoms with Crippen LogP contribution in [0.25, 0.3) is 0 Å². The fourth-order valence-electron chi connectivity index (χ4n) is 2.28. The summed E-state index contributed by atoms with van der Waals surface area (Å²) in [6.07, 6.45) is 4.73. The first-order valence-corrected chi connectivity index (χ1v) is 4.47. The van der Waals surface area contributed by atoms with Crippen molar-refractivity contribution in [3.63, 3.8) is 0 Å². The van der Waals surface area contributed by atoms with Crippen molar-refractivity contribution in [3.05, 3.63) is 12.2 Å². The number of methoxy groups -OCH3 is 1. The number of hydrogen-bond donors (Lipinski definition) is 0. The molecule has 72 valence electrons. The fourth-order valence-corrected chi connectivity index (χ4v) is 2.28. The van der Waals surface area contributed by atoms with Crippen LogP contribution in [0.2, 0.25) is 0 Å². The zero-order valence-electron chi connectivity index (χ0n) is 8.16. The van der Waals surface area contributed by atoms with E-state index in [9.17, 15) is 4.79 Å². The molecule has 2 aliphatic heterocycles. The van der Waals surface area contributed by atoms with E-state index in [0.29, 0.717) is 0 Å². The molecule has 0 unspecified atom stereocenters. The molecule has 0 spiro atoms. The molecule has 1 saturated heterocycles. The number of carbonyl (C=O) groups excluding carboxylic acids is 1. The van der Waals surface area contributed by atoms with Crippen molar-refractivity contribution in [2.24, 2.45) is 5.92 Å². The van der Waals surface area contributed by atoms with Crippen LogP contribution in [-0.2, 0) is 14.3 Å². The molecule has 13 heavy (non-hydrogen) atoms. The molecule has 2 aliphatic rings. The predicted molar refractivity (Wildman–Crippen MR) is 47.2 cm³/mol. The molecule has 0 aromatic rings. The minimum absolute atomic E-state index is 0.146. The van der Waals surface area contributed by atoms with Crippen LogP contribution < -0.4 is 0 Å². The van der Waals surface area contributed by atoms with Crippen molar-refractivity contribution in [2.75, 3.05) is 7.11 Å². The quantitative estimate of drug-likeness (QED) is 0.452. The van der Waals surface area contributed by atoms with E-state index < -0.39 is 5.60 Å². The zero-order chi connectivity index (χ0) is 9.69. The molecule has 0 aromatic carbocycles. The summed E-state index contributed by atoms with van der Waals surface area (Å²) >= 11 is 0. The third-order valence-electron chi connectivity index (χ3n) is 3.01. The summed E-state index contributed by atoms with van der Waals surface area (Å²) in [4.78, 5) is 11.4. The lowest BCUT2D eigenvalue weighted by Crippen LogP contribution is -2.34. The van der Waals surface area contributed by atoms with Gasteiger partial charge in [0.15, 0.2) is 0 Å². The second kappa shape index (κ2) is 2.35. The highest BCUT2D eigenvalue weighted by atomic mass is 16.6. The van der Waals surface area contributed by atoms with E-state index in [2.05, 4.69) is 0 Å². The number of rotatable bonds is 1. The van der Waals surface area contributed by atoms with Gasteiger partial charge in [-0.15, -0.1) is 0 Å². The summed E-state index contributed by atoms with van der Waals surface area (Å²) in [6, 6.07) is 0. The average Bonchev–Trinajstić information content (AvgIpc) is 2.51. The lowest BCUT2D eigenvalue weighted by atomic mass is 9.80.